The summed E-state index contributed by atoms with van der Waals surface area (Å²) in [6.07, 6.45) is 47.9. The van der Waals surface area contributed by atoms with Crippen LogP contribution in [0.3, 0.4) is 0 Å². The molecule has 0 radical (unpaired) electrons. The third-order valence-electron chi connectivity index (χ3n) is 13.2. The van der Waals surface area contributed by atoms with Crippen LogP contribution in [-0.4, -0.2) is 17.6 Å². The second-order valence-corrected chi connectivity index (χ2v) is 16.0. The highest BCUT2D eigenvalue weighted by molar-refractivity contribution is 5.81. The Morgan fingerprint density at radius 3 is 2.63 bits per heavy atom. The maximum Gasteiger partial charge on any atom is 0.111 e. The van der Waals surface area contributed by atoms with Crippen molar-refractivity contribution in [1.29, 1.82) is 0 Å². The number of fused-ring (bicyclic) bond motifs is 9. The highest BCUT2D eigenvalue weighted by Gasteiger charge is 2.45. The molecular weight excluding hydrogens is 619 g/mol. The fraction of sp³-hybridized carbons (Fsp3) is 0.333. The van der Waals surface area contributed by atoms with Crippen molar-refractivity contribution in [2.45, 2.75) is 76.3 Å². The van der Waals surface area contributed by atoms with Crippen LogP contribution in [0.15, 0.2) is 160 Å². The number of benzene rings is 1. The van der Waals surface area contributed by atoms with Crippen LogP contribution in [0.5, 0.6) is 0 Å². The molecule has 5 unspecified atom stereocenters. The van der Waals surface area contributed by atoms with E-state index in [-0.39, 0.29) is 6.17 Å². The molecule has 10 aliphatic rings. The minimum absolute atomic E-state index is 0.234. The summed E-state index contributed by atoms with van der Waals surface area (Å²) in [6.45, 7) is 1.08. The van der Waals surface area contributed by atoms with Gasteiger partial charge in [0.05, 0.1) is 11.4 Å². The summed E-state index contributed by atoms with van der Waals surface area (Å²) < 4.78 is 0. The maximum atomic E-state index is 4.07. The minimum Gasteiger partial charge on any atom is -0.384 e. The molecule has 7 aliphatic carbocycles. The maximum absolute atomic E-state index is 4.07. The average Bonchev–Trinajstić information content (AvgIpc) is 3.55. The number of hydrogen-bond donors (Lipinski definition) is 2. The normalized spacial score (nSPS) is 31.1. The zero-order chi connectivity index (χ0) is 33.5. The van der Waals surface area contributed by atoms with Gasteiger partial charge in [-0.1, -0.05) is 109 Å². The van der Waals surface area contributed by atoms with E-state index in [0.29, 0.717) is 23.7 Å². The van der Waals surface area contributed by atoms with Crippen LogP contribution in [0.1, 0.15) is 86.8 Å². The topological polar surface area (TPSA) is 27.3 Å². The Bertz CT molecular complexity index is 2160. The van der Waals surface area contributed by atoms with Gasteiger partial charge in [0.25, 0.3) is 0 Å². The van der Waals surface area contributed by atoms with Crippen molar-refractivity contribution in [3.63, 3.8) is 0 Å². The largest absolute Gasteiger partial charge is 0.384 e. The first-order valence-corrected chi connectivity index (χ1v) is 19.8. The van der Waals surface area contributed by atoms with Crippen LogP contribution >= 0.6 is 0 Å². The number of nitrogens with zero attached hydrogens (tertiary/aromatic N) is 1. The van der Waals surface area contributed by atoms with Crippen LogP contribution in [0.4, 0.5) is 0 Å². The predicted octanol–water partition coefficient (Wildman–Crippen LogP) is 10.5. The first-order chi connectivity index (χ1) is 25.3. The van der Waals surface area contributed by atoms with Gasteiger partial charge in [0.15, 0.2) is 0 Å². The first-order valence-electron chi connectivity index (χ1n) is 19.8. The van der Waals surface area contributed by atoms with Crippen molar-refractivity contribution >= 4 is 11.1 Å². The lowest BCUT2D eigenvalue weighted by molar-refractivity contribution is 0.272. The molecular formula is C48H47N3. The summed E-state index contributed by atoms with van der Waals surface area (Å²) in [5.74, 6) is 1.71. The monoisotopic (exact) mass is 665 g/mol. The molecule has 0 bridgehead atoms. The molecule has 0 aromatic heterocycles. The van der Waals surface area contributed by atoms with E-state index in [1.165, 1.54) is 74.6 Å². The van der Waals surface area contributed by atoms with E-state index in [1.54, 1.807) is 16.7 Å². The molecule has 11 rings (SSSR count). The van der Waals surface area contributed by atoms with Gasteiger partial charge in [-0.3, -0.25) is 0 Å². The van der Waals surface area contributed by atoms with E-state index in [4.69, 9.17) is 0 Å². The van der Waals surface area contributed by atoms with Crippen molar-refractivity contribution in [2.24, 2.45) is 17.8 Å². The Balaban J connectivity index is 0.855. The number of nitrogens with one attached hydrogen (secondary N) is 2. The molecule has 1 fully saturated rings. The predicted molar refractivity (Wildman–Crippen MR) is 210 cm³/mol. The Morgan fingerprint density at radius 2 is 1.69 bits per heavy atom. The molecule has 0 amide bonds. The smallest absolute Gasteiger partial charge is 0.111 e. The Kier molecular flexibility index (Phi) is 6.98. The minimum atomic E-state index is 0.234. The number of rotatable bonds is 3. The van der Waals surface area contributed by atoms with Crippen molar-refractivity contribution in [3.05, 3.63) is 177 Å². The summed E-state index contributed by atoms with van der Waals surface area (Å²) in [7, 11) is 0. The van der Waals surface area contributed by atoms with Crippen LogP contribution in [0, 0.1) is 17.8 Å². The summed E-state index contributed by atoms with van der Waals surface area (Å²) in [6, 6.07) is 7.38. The van der Waals surface area contributed by atoms with E-state index >= 15 is 0 Å². The zero-order valence-electron chi connectivity index (χ0n) is 29.5. The molecule has 0 spiro atoms. The van der Waals surface area contributed by atoms with Crippen molar-refractivity contribution in [3.8, 4) is 0 Å². The number of hydrogen-bond acceptors (Lipinski definition) is 3. The van der Waals surface area contributed by atoms with E-state index in [9.17, 15) is 0 Å². The highest BCUT2D eigenvalue weighted by atomic mass is 15.4. The zero-order valence-corrected chi connectivity index (χ0v) is 29.5. The Labute approximate surface area is 303 Å². The third kappa shape index (κ3) is 4.69. The van der Waals surface area contributed by atoms with Crippen molar-refractivity contribution < 1.29 is 0 Å². The Morgan fingerprint density at radius 1 is 0.765 bits per heavy atom. The second-order valence-electron chi connectivity index (χ2n) is 16.0. The molecule has 1 aromatic carbocycles. The standard InChI is InChI=1S/C48H47N3/c1-2-14-37-35(12-1)36-13-3-4-15-38(36)43-29-34(25-26-39(37)43)33-11-7-10-32(28-33)30-21-23-31(24-22-30)48-50-44-19-8-17-41-40-18-9-27-49-46(40)42-16-5-6-20-45(42)51(48)47(41)44/h1,3-4,7,10-13,15-16,19-23,25-26,29,31-32,36,38,48-50H,2,5-6,8-9,14,17-18,24,27-28H2. The van der Waals surface area contributed by atoms with Gasteiger partial charge in [-0.2, -0.15) is 0 Å². The molecule has 0 saturated carbocycles. The van der Waals surface area contributed by atoms with Crippen molar-refractivity contribution in [1.82, 2.24) is 15.5 Å². The second kappa shape index (κ2) is 11.9. The highest BCUT2D eigenvalue weighted by Crippen LogP contribution is 2.51. The van der Waals surface area contributed by atoms with Crippen LogP contribution in [-0.2, 0) is 0 Å². The van der Waals surface area contributed by atoms with E-state index in [0.717, 1.165) is 57.9 Å². The Hall–Kier alpha value is -4.76. The summed E-state index contributed by atoms with van der Waals surface area (Å²) in [5.41, 5.74) is 20.7. The third-order valence-corrected chi connectivity index (χ3v) is 13.2. The molecule has 3 nitrogen and oxygen atoms in total. The van der Waals surface area contributed by atoms with Crippen LogP contribution in [0.25, 0.3) is 11.1 Å². The average molecular weight is 666 g/mol. The summed E-state index contributed by atoms with van der Waals surface area (Å²) >= 11 is 0. The van der Waals surface area contributed by atoms with Gasteiger partial charge in [0.2, 0.25) is 0 Å². The molecule has 254 valence electrons. The fourth-order valence-electron chi connectivity index (χ4n) is 10.8. The lowest BCUT2D eigenvalue weighted by atomic mass is 9.67. The molecule has 3 aliphatic heterocycles. The lowest BCUT2D eigenvalue weighted by Gasteiger charge is -2.37. The van der Waals surface area contributed by atoms with Gasteiger partial charge in [-0.25, -0.2) is 0 Å². The van der Waals surface area contributed by atoms with Gasteiger partial charge in [0.1, 0.15) is 6.17 Å². The van der Waals surface area contributed by atoms with Gasteiger partial charge >= 0.3 is 0 Å². The summed E-state index contributed by atoms with van der Waals surface area (Å²) in [5, 5.41) is 7.94. The number of allylic oxidation sites excluding steroid dienone is 20. The van der Waals surface area contributed by atoms with E-state index < -0.39 is 0 Å². The van der Waals surface area contributed by atoms with E-state index in [2.05, 4.69) is 125 Å². The molecule has 1 saturated heterocycles. The van der Waals surface area contributed by atoms with Crippen LogP contribution in [0.2, 0.25) is 0 Å². The lowest BCUT2D eigenvalue weighted by Crippen LogP contribution is -2.41. The molecule has 1 aromatic rings. The molecule has 3 heterocycles. The van der Waals surface area contributed by atoms with Gasteiger partial charge < -0.3 is 15.5 Å². The molecule has 2 N–H and O–H groups in total. The first kappa shape index (κ1) is 29.9. The summed E-state index contributed by atoms with van der Waals surface area (Å²) in [4.78, 5) is 2.72. The van der Waals surface area contributed by atoms with Crippen molar-refractivity contribution in [2.75, 3.05) is 6.54 Å². The van der Waals surface area contributed by atoms with Gasteiger partial charge in [-0.05, 0) is 114 Å². The van der Waals surface area contributed by atoms with Gasteiger partial charge in [0, 0.05) is 47.2 Å². The van der Waals surface area contributed by atoms with Crippen LogP contribution < -0.4 is 10.6 Å². The fourth-order valence-corrected chi connectivity index (χ4v) is 10.8. The van der Waals surface area contributed by atoms with E-state index in [1.807, 2.05) is 0 Å². The SMILES string of the molecule is C1=CC(C2=CCC(C3NC4=CCCC5=C4N3C3=CCCC=C3C3=C5CCCN3)C=C2)CC(c2ccc3c(c2)C2C=CC=CC2C2=C3CCC=C2)=C1. The molecule has 5 atom stereocenters. The quantitative estimate of drug-likeness (QED) is 0.337. The molecule has 3 heteroatoms. The van der Waals surface area contributed by atoms with Gasteiger partial charge in [-0.15, -0.1) is 0 Å². The molecule has 51 heavy (non-hydrogen) atoms.